The van der Waals surface area contributed by atoms with Gasteiger partial charge in [0.1, 0.15) is 0 Å². The van der Waals surface area contributed by atoms with E-state index in [-0.39, 0.29) is 24.6 Å². The van der Waals surface area contributed by atoms with Gasteiger partial charge in [-0.2, -0.15) is 0 Å². The molecule has 1 rings (SSSR count). The molecule has 0 heterocycles. The molecule has 0 aliphatic heterocycles. The zero-order valence-corrected chi connectivity index (χ0v) is 12.0. The smallest absolute Gasteiger partial charge is 0.332 e. The first-order chi connectivity index (χ1) is 9.32. The van der Waals surface area contributed by atoms with Crippen molar-refractivity contribution < 1.29 is 23.4 Å². The zero-order valence-electron chi connectivity index (χ0n) is 11.2. The van der Waals surface area contributed by atoms with Gasteiger partial charge in [0, 0.05) is 6.54 Å². The van der Waals surface area contributed by atoms with Gasteiger partial charge in [-0.1, -0.05) is 37.3 Å². The molecule has 0 spiro atoms. The summed E-state index contributed by atoms with van der Waals surface area (Å²) >= 11 is 0. The summed E-state index contributed by atoms with van der Waals surface area (Å²) in [6, 6.07) is 9.25. The second kappa shape index (κ2) is 7.37. The van der Waals surface area contributed by atoms with E-state index in [4.69, 9.17) is 10.2 Å². The monoisotopic (exact) mass is 301 g/mol. The molecule has 1 aromatic carbocycles. The predicted molar refractivity (Wildman–Crippen MR) is 74.9 cm³/mol. The van der Waals surface area contributed by atoms with E-state index in [2.05, 4.69) is 4.72 Å². The maximum Gasteiger partial charge on any atom is 0.332 e. The number of aliphatic carboxylic acids is 1. The number of carbonyl (C=O) groups is 1. The van der Waals surface area contributed by atoms with Gasteiger partial charge >= 0.3 is 5.97 Å². The van der Waals surface area contributed by atoms with Crippen molar-refractivity contribution in [2.75, 3.05) is 12.3 Å². The van der Waals surface area contributed by atoms with Gasteiger partial charge in [-0.15, -0.1) is 0 Å². The summed E-state index contributed by atoms with van der Waals surface area (Å²) < 4.78 is 25.9. The van der Waals surface area contributed by atoms with Crippen molar-refractivity contribution >= 4 is 16.0 Å². The largest absolute Gasteiger partial charge is 0.479 e. The minimum Gasteiger partial charge on any atom is -0.479 e. The number of carboxylic acid groups (broad SMARTS) is 1. The Kier molecular flexibility index (Phi) is 6.12. The SMILES string of the molecule is CC(CS(=O)(=O)NCC[C@H](O)C(=O)O)c1ccccc1. The lowest BCUT2D eigenvalue weighted by molar-refractivity contribution is -0.146. The molecule has 2 atom stereocenters. The van der Waals surface area contributed by atoms with Gasteiger partial charge in [0.25, 0.3) is 0 Å². The highest BCUT2D eigenvalue weighted by molar-refractivity contribution is 7.89. The highest BCUT2D eigenvalue weighted by atomic mass is 32.2. The van der Waals surface area contributed by atoms with Gasteiger partial charge < -0.3 is 10.2 Å². The van der Waals surface area contributed by atoms with Crippen molar-refractivity contribution in [3.63, 3.8) is 0 Å². The van der Waals surface area contributed by atoms with Crippen molar-refractivity contribution in [1.82, 2.24) is 4.72 Å². The van der Waals surface area contributed by atoms with E-state index in [1.807, 2.05) is 30.3 Å². The van der Waals surface area contributed by atoms with Crippen LogP contribution in [0.4, 0.5) is 0 Å². The average molecular weight is 301 g/mol. The Morgan fingerprint density at radius 2 is 1.90 bits per heavy atom. The van der Waals surface area contributed by atoms with Crippen LogP contribution in [0.3, 0.4) is 0 Å². The van der Waals surface area contributed by atoms with Crippen LogP contribution in [0.1, 0.15) is 24.8 Å². The number of rotatable bonds is 8. The van der Waals surface area contributed by atoms with E-state index in [0.717, 1.165) is 5.56 Å². The normalized spacial score (nSPS) is 14.7. The molecule has 0 saturated carbocycles. The first kappa shape index (κ1) is 16.6. The van der Waals surface area contributed by atoms with Gasteiger partial charge in [-0.05, 0) is 17.9 Å². The highest BCUT2D eigenvalue weighted by Crippen LogP contribution is 2.16. The Labute approximate surface area is 118 Å². The van der Waals surface area contributed by atoms with Crippen LogP contribution in [-0.2, 0) is 14.8 Å². The van der Waals surface area contributed by atoms with Crippen molar-refractivity contribution in [3.05, 3.63) is 35.9 Å². The van der Waals surface area contributed by atoms with Crippen LogP contribution >= 0.6 is 0 Å². The Hall–Kier alpha value is -1.44. The summed E-state index contributed by atoms with van der Waals surface area (Å²) in [5.74, 6) is -1.61. The number of carboxylic acids is 1. The zero-order chi connectivity index (χ0) is 15.2. The topological polar surface area (TPSA) is 104 Å². The van der Waals surface area contributed by atoms with Crippen molar-refractivity contribution in [2.24, 2.45) is 0 Å². The summed E-state index contributed by atoms with van der Waals surface area (Å²) in [7, 11) is -3.50. The van der Waals surface area contributed by atoms with E-state index in [1.54, 1.807) is 6.92 Å². The van der Waals surface area contributed by atoms with Gasteiger partial charge in [0.2, 0.25) is 10.0 Å². The van der Waals surface area contributed by atoms with Crippen LogP contribution in [0.25, 0.3) is 0 Å². The fraction of sp³-hybridized carbons (Fsp3) is 0.462. The molecule has 1 unspecified atom stereocenters. The van der Waals surface area contributed by atoms with E-state index in [0.29, 0.717) is 0 Å². The third-order valence-electron chi connectivity index (χ3n) is 2.86. The molecule has 0 radical (unpaired) electrons. The summed E-state index contributed by atoms with van der Waals surface area (Å²) in [6.45, 7) is 1.71. The molecule has 112 valence electrons. The molecular weight excluding hydrogens is 282 g/mol. The number of aliphatic hydroxyl groups is 1. The summed E-state index contributed by atoms with van der Waals surface area (Å²) in [5, 5.41) is 17.5. The van der Waals surface area contributed by atoms with Crippen LogP contribution in [0.15, 0.2) is 30.3 Å². The van der Waals surface area contributed by atoms with E-state index >= 15 is 0 Å². The van der Waals surface area contributed by atoms with Crippen molar-refractivity contribution in [2.45, 2.75) is 25.4 Å². The fourth-order valence-corrected chi connectivity index (χ4v) is 3.14. The molecule has 0 aliphatic rings. The Balaban J connectivity index is 2.47. The number of hydrogen-bond donors (Lipinski definition) is 3. The summed E-state index contributed by atoms with van der Waals surface area (Å²) in [5.41, 5.74) is 0.920. The van der Waals surface area contributed by atoms with Crippen LogP contribution in [-0.4, -0.2) is 43.0 Å². The quantitative estimate of drug-likeness (QED) is 0.650. The second-order valence-electron chi connectivity index (χ2n) is 4.63. The lowest BCUT2D eigenvalue weighted by atomic mass is 10.0. The number of aliphatic hydroxyl groups excluding tert-OH is 1. The first-order valence-electron chi connectivity index (χ1n) is 6.25. The van der Waals surface area contributed by atoms with Gasteiger partial charge in [-0.25, -0.2) is 17.9 Å². The van der Waals surface area contributed by atoms with Gasteiger partial charge in [0.05, 0.1) is 5.75 Å². The van der Waals surface area contributed by atoms with Gasteiger partial charge in [-0.3, -0.25) is 0 Å². The van der Waals surface area contributed by atoms with E-state index in [1.165, 1.54) is 0 Å². The third-order valence-corrected chi connectivity index (χ3v) is 4.45. The Morgan fingerprint density at radius 3 is 2.45 bits per heavy atom. The minimum atomic E-state index is -3.50. The lowest BCUT2D eigenvalue weighted by Gasteiger charge is -2.13. The minimum absolute atomic E-state index is 0.0832. The molecule has 0 fully saturated rings. The Bertz CT molecular complexity index is 529. The van der Waals surface area contributed by atoms with Crippen LogP contribution in [0, 0.1) is 0 Å². The molecule has 0 bridgehead atoms. The van der Waals surface area contributed by atoms with Crippen LogP contribution in [0.5, 0.6) is 0 Å². The fourth-order valence-electron chi connectivity index (χ4n) is 1.74. The number of benzene rings is 1. The molecule has 0 aromatic heterocycles. The van der Waals surface area contributed by atoms with Crippen molar-refractivity contribution in [3.8, 4) is 0 Å². The maximum absolute atomic E-state index is 11.8. The molecule has 0 amide bonds. The van der Waals surface area contributed by atoms with E-state index in [9.17, 15) is 13.2 Å². The molecule has 6 nitrogen and oxygen atoms in total. The molecule has 7 heteroatoms. The third kappa shape index (κ3) is 5.68. The van der Waals surface area contributed by atoms with Gasteiger partial charge in [0.15, 0.2) is 6.10 Å². The molecule has 0 aliphatic carbocycles. The number of hydrogen-bond acceptors (Lipinski definition) is 4. The molecule has 20 heavy (non-hydrogen) atoms. The standard InChI is InChI=1S/C13H19NO5S/c1-10(11-5-3-2-4-6-11)9-20(18,19)14-8-7-12(15)13(16)17/h2-6,10,12,14-15H,7-9H2,1H3,(H,16,17)/t10?,12-/m0/s1. The number of nitrogens with one attached hydrogen (secondary N) is 1. The lowest BCUT2D eigenvalue weighted by Crippen LogP contribution is -2.32. The van der Waals surface area contributed by atoms with E-state index < -0.39 is 22.1 Å². The predicted octanol–water partition coefficient (Wildman–Crippen LogP) is 0.545. The molecular formula is C13H19NO5S. The maximum atomic E-state index is 11.8. The van der Waals surface area contributed by atoms with Crippen LogP contribution in [0.2, 0.25) is 0 Å². The highest BCUT2D eigenvalue weighted by Gasteiger charge is 2.18. The van der Waals surface area contributed by atoms with Crippen molar-refractivity contribution in [1.29, 1.82) is 0 Å². The second-order valence-corrected chi connectivity index (χ2v) is 6.48. The molecule has 1 aromatic rings. The van der Waals surface area contributed by atoms with Crippen LogP contribution < -0.4 is 4.72 Å². The number of sulfonamides is 1. The molecule has 0 saturated heterocycles. The summed E-state index contributed by atoms with van der Waals surface area (Å²) in [6.07, 6.45) is -1.71. The molecule has 3 N–H and O–H groups in total. The average Bonchev–Trinajstić information content (AvgIpc) is 2.38. The first-order valence-corrected chi connectivity index (χ1v) is 7.90. The Morgan fingerprint density at radius 1 is 1.30 bits per heavy atom. The summed E-state index contributed by atoms with van der Waals surface area (Å²) in [4.78, 5) is 10.4.